The summed E-state index contributed by atoms with van der Waals surface area (Å²) < 4.78 is 1.53. The summed E-state index contributed by atoms with van der Waals surface area (Å²) in [5.74, 6) is 1.37. The second-order valence-electron chi connectivity index (χ2n) is 7.90. The van der Waals surface area contributed by atoms with Crippen LogP contribution in [0.3, 0.4) is 0 Å². The van der Waals surface area contributed by atoms with Crippen molar-refractivity contribution in [3.63, 3.8) is 0 Å². The fraction of sp³-hybridized carbons (Fsp3) is 0.611. The average Bonchev–Trinajstić information content (AvgIpc) is 3.37. The van der Waals surface area contributed by atoms with Gasteiger partial charge in [-0.25, -0.2) is 0 Å². The Bertz CT molecular complexity index is 894. The second kappa shape index (κ2) is 8.59. The van der Waals surface area contributed by atoms with E-state index in [4.69, 9.17) is 9.90 Å². The first-order chi connectivity index (χ1) is 14.6. The predicted octanol–water partition coefficient (Wildman–Crippen LogP) is -0.147. The van der Waals surface area contributed by atoms with E-state index in [-0.39, 0.29) is 35.9 Å². The summed E-state index contributed by atoms with van der Waals surface area (Å²) in [5.41, 5.74) is 0. The molecule has 2 aromatic rings. The number of rotatable bonds is 4. The van der Waals surface area contributed by atoms with Gasteiger partial charge in [0.05, 0.1) is 0 Å². The molecule has 2 saturated carbocycles. The van der Waals surface area contributed by atoms with Crippen LogP contribution in [0.1, 0.15) is 42.7 Å². The molecule has 3 heterocycles. The molecule has 3 aliphatic rings. The third kappa shape index (κ3) is 3.89. The Morgan fingerprint density at radius 2 is 1.97 bits per heavy atom. The molecule has 3 fully saturated rings. The number of fused-ring (bicyclic) bond motifs is 1. The van der Waals surface area contributed by atoms with Gasteiger partial charge in [-0.05, 0) is 43.9 Å². The smallest absolute Gasteiger partial charge is 0.291 e. The highest BCUT2D eigenvalue weighted by Gasteiger charge is 2.49. The van der Waals surface area contributed by atoms with Gasteiger partial charge in [-0.2, -0.15) is 4.98 Å². The van der Waals surface area contributed by atoms with Crippen LogP contribution in [0.2, 0.25) is 0 Å². The van der Waals surface area contributed by atoms with E-state index < -0.39 is 0 Å². The van der Waals surface area contributed by atoms with Gasteiger partial charge < -0.3 is 15.3 Å². The number of H-pyrrole nitrogens is 1. The molecule has 2 aromatic heterocycles. The highest BCUT2D eigenvalue weighted by molar-refractivity contribution is 5.90. The van der Waals surface area contributed by atoms with Crippen molar-refractivity contribution in [3.05, 3.63) is 18.5 Å². The summed E-state index contributed by atoms with van der Waals surface area (Å²) in [6.45, 7) is 1.05. The fourth-order valence-corrected chi connectivity index (χ4v) is 4.35. The van der Waals surface area contributed by atoms with Crippen molar-refractivity contribution in [2.75, 3.05) is 13.1 Å². The molecule has 2 aliphatic carbocycles. The van der Waals surface area contributed by atoms with E-state index in [1.54, 1.807) is 4.90 Å². The number of amides is 2. The maximum atomic E-state index is 12.8. The van der Waals surface area contributed by atoms with Gasteiger partial charge in [-0.1, -0.05) is 0 Å². The maximum absolute atomic E-state index is 12.8. The lowest BCUT2D eigenvalue weighted by molar-refractivity contribution is -0.137. The molecule has 1 aliphatic heterocycles. The standard InChI is InChI=1S/C17H22N8O2.CH2O2/c26-15(20-11-2-1-3-11)12-6-10-4-5-24(7-13(10)12)16(27)14-21-17(23-22-14)25-8-18-19-9-25;2-1-3/h8-13H,1-7H2,(H,20,26)(H,21,22,23);1H,(H,2,3)/t10-,12-,13-;/m1./s1. The molecule has 30 heavy (non-hydrogen) atoms. The fourth-order valence-electron chi connectivity index (χ4n) is 4.35. The quantitative estimate of drug-likeness (QED) is 0.580. The van der Waals surface area contributed by atoms with Gasteiger partial charge in [0.15, 0.2) is 0 Å². The Kier molecular flexibility index (Phi) is 5.72. The summed E-state index contributed by atoms with van der Waals surface area (Å²) in [4.78, 5) is 39.7. The molecule has 0 aromatic carbocycles. The SMILES string of the molecule is O=C(NC1CCC1)[C@@H]1C[C@H]2CCN(C(=O)c3nc(-n4cnnc4)n[nH]3)C[C@H]21.O=CO. The zero-order valence-corrected chi connectivity index (χ0v) is 16.3. The van der Waals surface area contributed by atoms with Crippen LogP contribution in [0.15, 0.2) is 12.7 Å². The Balaban J connectivity index is 0.000000687. The summed E-state index contributed by atoms with van der Waals surface area (Å²) in [6.07, 6.45) is 8.24. The van der Waals surface area contributed by atoms with E-state index in [0.717, 1.165) is 25.7 Å². The second-order valence-corrected chi connectivity index (χ2v) is 7.90. The number of aromatic nitrogens is 6. The zero-order chi connectivity index (χ0) is 21.1. The number of likely N-dealkylation sites (tertiary alicyclic amines) is 1. The minimum Gasteiger partial charge on any atom is -0.483 e. The van der Waals surface area contributed by atoms with Gasteiger partial charge in [0.25, 0.3) is 18.3 Å². The van der Waals surface area contributed by atoms with Crippen molar-refractivity contribution < 1.29 is 19.5 Å². The average molecular weight is 416 g/mol. The number of hydrogen-bond donors (Lipinski definition) is 3. The predicted molar refractivity (Wildman–Crippen MR) is 101 cm³/mol. The van der Waals surface area contributed by atoms with E-state index in [1.807, 2.05) is 0 Å². The van der Waals surface area contributed by atoms with Gasteiger partial charge >= 0.3 is 0 Å². The highest BCUT2D eigenvalue weighted by Crippen LogP contribution is 2.46. The van der Waals surface area contributed by atoms with Gasteiger partial charge in [-0.3, -0.25) is 24.0 Å². The number of carboxylic acid groups (broad SMARTS) is 1. The Morgan fingerprint density at radius 3 is 2.63 bits per heavy atom. The number of carbonyl (C=O) groups excluding carboxylic acids is 2. The minimum absolute atomic E-state index is 0.0357. The van der Waals surface area contributed by atoms with E-state index in [0.29, 0.717) is 31.0 Å². The summed E-state index contributed by atoms with van der Waals surface area (Å²) in [6, 6.07) is 0.364. The molecule has 5 rings (SSSR count). The Morgan fingerprint density at radius 1 is 1.23 bits per heavy atom. The minimum atomic E-state index is -0.250. The van der Waals surface area contributed by atoms with Crippen molar-refractivity contribution in [1.29, 1.82) is 0 Å². The van der Waals surface area contributed by atoms with Gasteiger partial charge in [0.1, 0.15) is 12.7 Å². The monoisotopic (exact) mass is 416 g/mol. The van der Waals surface area contributed by atoms with E-state index in [9.17, 15) is 9.59 Å². The van der Waals surface area contributed by atoms with Crippen LogP contribution < -0.4 is 5.32 Å². The number of nitrogens with zero attached hydrogens (tertiary/aromatic N) is 6. The number of carbonyl (C=O) groups is 3. The van der Waals surface area contributed by atoms with E-state index in [1.165, 1.54) is 23.6 Å². The van der Waals surface area contributed by atoms with Gasteiger partial charge in [0.2, 0.25) is 11.7 Å². The zero-order valence-electron chi connectivity index (χ0n) is 16.3. The maximum Gasteiger partial charge on any atom is 0.291 e. The first kappa shape index (κ1) is 20.0. The molecule has 0 bridgehead atoms. The van der Waals surface area contributed by atoms with Gasteiger partial charge in [0, 0.05) is 25.0 Å². The van der Waals surface area contributed by atoms with Crippen LogP contribution in [0.5, 0.6) is 0 Å². The molecule has 3 atom stereocenters. The topological polar surface area (TPSA) is 159 Å². The Labute approximate surface area is 172 Å². The van der Waals surface area contributed by atoms with Crippen LogP contribution in [-0.4, -0.2) is 77.4 Å². The molecule has 2 amide bonds. The number of aromatic amines is 1. The van der Waals surface area contributed by atoms with Crippen LogP contribution in [0.25, 0.3) is 5.95 Å². The molecule has 0 spiro atoms. The number of hydrogen-bond acceptors (Lipinski definition) is 7. The van der Waals surface area contributed by atoms with Gasteiger partial charge in [-0.15, -0.1) is 15.3 Å². The lowest BCUT2D eigenvalue weighted by Crippen LogP contribution is -2.57. The first-order valence-electron chi connectivity index (χ1n) is 10.1. The molecule has 0 unspecified atom stereocenters. The molecule has 12 heteroatoms. The van der Waals surface area contributed by atoms with Crippen molar-refractivity contribution in [1.82, 2.24) is 40.2 Å². The largest absolute Gasteiger partial charge is 0.483 e. The summed E-state index contributed by atoms with van der Waals surface area (Å²) >= 11 is 0. The molecule has 12 nitrogen and oxygen atoms in total. The van der Waals surface area contributed by atoms with Crippen LogP contribution >= 0.6 is 0 Å². The van der Waals surface area contributed by atoms with Crippen molar-refractivity contribution >= 4 is 18.3 Å². The Hall–Kier alpha value is -3.31. The van der Waals surface area contributed by atoms with Crippen LogP contribution in [0.4, 0.5) is 0 Å². The molecule has 0 radical (unpaired) electrons. The van der Waals surface area contributed by atoms with Crippen molar-refractivity contribution in [3.8, 4) is 5.95 Å². The molecule has 3 N–H and O–H groups in total. The third-order valence-electron chi connectivity index (χ3n) is 6.28. The first-order valence-corrected chi connectivity index (χ1v) is 10.1. The van der Waals surface area contributed by atoms with E-state index >= 15 is 0 Å². The lowest BCUT2D eigenvalue weighted by atomic mass is 9.61. The third-order valence-corrected chi connectivity index (χ3v) is 6.28. The molecular weight excluding hydrogens is 392 g/mol. The van der Waals surface area contributed by atoms with Crippen LogP contribution in [0, 0.1) is 17.8 Å². The van der Waals surface area contributed by atoms with Crippen molar-refractivity contribution in [2.24, 2.45) is 17.8 Å². The highest BCUT2D eigenvalue weighted by atomic mass is 16.3. The summed E-state index contributed by atoms with van der Waals surface area (Å²) in [5, 5.41) is 24.2. The summed E-state index contributed by atoms with van der Waals surface area (Å²) in [7, 11) is 0. The molecular formula is C18H24N8O4. The number of nitrogens with one attached hydrogen (secondary N) is 2. The van der Waals surface area contributed by atoms with Crippen molar-refractivity contribution in [2.45, 2.75) is 38.1 Å². The lowest BCUT2D eigenvalue weighted by Gasteiger charge is -2.50. The normalized spacial score (nSPS) is 25.1. The molecule has 1 saturated heterocycles. The number of piperidine rings is 1. The van der Waals surface area contributed by atoms with Crippen LogP contribution in [-0.2, 0) is 9.59 Å². The van der Waals surface area contributed by atoms with E-state index in [2.05, 4.69) is 30.7 Å². The molecule has 160 valence electrons.